The monoisotopic (exact) mass is 481 g/mol. The van der Waals surface area contributed by atoms with Gasteiger partial charge in [0, 0.05) is 5.39 Å². The molecule has 1 heterocycles. The van der Waals surface area contributed by atoms with Crippen LogP contribution in [-0.2, 0) is 11.2 Å². The molecular weight excluding hydrogens is 454 g/mol. The minimum absolute atomic E-state index is 0.144. The lowest BCUT2D eigenvalue weighted by Crippen LogP contribution is -2.15. The Kier molecular flexibility index (Phi) is 6.85. The number of ether oxygens (including phenoxy) is 4. The van der Waals surface area contributed by atoms with Gasteiger partial charge in [0.25, 0.3) is 0 Å². The van der Waals surface area contributed by atoms with Crippen molar-refractivity contribution in [1.82, 2.24) is 4.98 Å². The molecule has 0 unspecified atom stereocenters. The molecule has 0 bridgehead atoms. The zero-order valence-corrected chi connectivity index (χ0v) is 20.3. The van der Waals surface area contributed by atoms with Crippen LogP contribution in [0.15, 0.2) is 72.8 Å². The number of benzene rings is 3. The molecule has 0 aliphatic heterocycles. The number of carbonyl (C=O) groups excluding carboxylic acids is 1. The molecule has 0 fully saturated rings. The van der Waals surface area contributed by atoms with E-state index in [1.54, 1.807) is 14.2 Å². The van der Waals surface area contributed by atoms with Gasteiger partial charge in [0.05, 0.1) is 31.0 Å². The second-order valence-electron chi connectivity index (χ2n) is 8.43. The summed E-state index contributed by atoms with van der Waals surface area (Å²) in [7, 11) is 3.27. The average Bonchev–Trinajstić information content (AvgIpc) is 3.32. The molecule has 0 amide bonds. The first kappa shape index (κ1) is 23.4. The van der Waals surface area contributed by atoms with Crippen molar-refractivity contribution in [3.05, 3.63) is 95.2 Å². The number of hydrogen-bond acceptors (Lipinski definition) is 6. The van der Waals surface area contributed by atoms with E-state index in [4.69, 9.17) is 23.9 Å². The molecule has 0 radical (unpaired) electrons. The predicted molar refractivity (Wildman–Crippen MR) is 140 cm³/mol. The van der Waals surface area contributed by atoms with Gasteiger partial charge in [-0.15, -0.1) is 0 Å². The van der Waals surface area contributed by atoms with Crippen LogP contribution in [-0.4, -0.2) is 38.4 Å². The van der Waals surface area contributed by atoms with Gasteiger partial charge in [-0.2, -0.15) is 0 Å². The van der Waals surface area contributed by atoms with Crippen molar-refractivity contribution in [3.63, 3.8) is 0 Å². The van der Waals surface area contributed by atoms with Crippen LogP contribution < -0.4 is 14.2 Å². The van der Waals surface area contributed by atoms with E-state index in [2.05, 4.69) is 6.08 Å². The Morgan fingerprint density at radius 1 is 0.833 bits per heavy atom. The van der Waals surface area contributed by atoms with Crippen molar-refractivity contribution in [2.24, 2.45) is 0 Å². The third-order valence-corrected chi connectivity index (χ3v) is 6.25. The van der Waals surface area contributed by atoms with E-state index < -0.39 is 0 Å². The van der Waals surface area contributed by atoms with E-state index >= 15 is 0 Å². The van der Waals surface area contributed by atoms with Gasteiger partial charge in [0.2, 0.25) is 0 Å². The molecule has 5 rings (SSSR count). The summed E-state index contributed by atoms with van der Waals surface area (Å²) in [5, 5.41) is 0.808. The Labute approximate surface area is 210 Å². The summed E-state index contributed by atoms with van der Waals surface area (Å²) in [6.07, 6.45) is 3.68. The summed E-state index contributed by atoms with van der Waals surface area (Å²) in [5.41, 5.74) is 5.35. The molecule has 0 saturated carbocycles. The molecule has 6 nitrogen and oxygen atoms in total. The summed E-state index contributed by atoms with van der Waals surface area (Å²) in [5.74, 6) is 1.91. The second kappa shape index (κ2) is 10.5. The van der Waals surface area contributed by atoms with E-state index in [0.717, 1.165) is 57.6 Å². The SMILES string of the molecule is COc1ccc(/C=C2/CCc3c2nc2ccccc2c3C(=O)OCCOc2ccc(OC)cc2)cc1. The number of rotatable bonds is 8. The van der Waals surface area contributed by atoms with E-state index in [1.165, 1.54) is 0 Å². The fourth-order valence-corrected chi connectivity index (χ4v) is 4.45. The Morgan fingerprint density at radius 3 is 2.22 bits per heavy atom. The topological polar surface area (TPSA) is 66.9 Å². The number of nitrogens with zero attached hydrogens (tertiary/aromatic N) is 1. The molecule has 3 aromatic carbocycles. The number of hydrogen-bond donors (Lipinski definition) is 0. The van der Waals surface area contributed by atoms with Crippen LogP contribution in [0.1, 0.15) is 33.6 Å². The summed E-state index contributed by atoms with van der Waals surface area (Å²) < 4.78 is 21.8. The van der Waals surface area contributed by atoms with E-state index in [9.17, 15) is 4.79 Å². The molecule has 0 N–H and O–H groups in total. The highest BCUT2D eigenvalue weighted by Crippen LogP contribution is 2.38. The lowest BCUT2D eigenvalue weighted by atomic mass is 10.0. The molecular formula is C30H27NO5. The highest BCUT2D eigenvalue weighted by atomic mass is 16.6. The average molecular weight is 482 g/mol. The number of para-hydroxylation sites is 1. The van der Waals surface area contributed by atoms with Crippen molar-refractivity contribution in [2.45, 2.75) is 12.8 Å². The van der Waals surface area contributed by atoms with Crippen molar-refractivity contribution in [3.8, 4) is 17.2 Å². The van der Waals surface area contributed by atoms with E-state index in [-0.39, 0.29) is 19.2 Å². The fraction of sp³-hybridized carbons (Fsp3) is 0.200. The Hall–Kier alpha value is -4.32. The first-order valence-corrected chi connectivity index (χ1v) is 11.9. The normalized spacial score (nSPS) is 13.4. The number of carbonyl (C=O) groups is 1. The number of esters is 1. The quantitative estimate of drug-likeness (QED) is 0.228. The van der Waals surface area contributed by atoms with Crippen LogP contribution in [0.5, 0.6) is 17.2 Å². The van der Waals surface area contributed by atoms with Crippen molar-refractivity contribution in [2.75, 3.05) is 27.4 Å². The molecule has 0 atom stereocenters. The molecule has 4 aromatic rings. The molecule has 1 aliphatic carbocycles. The molecule has 6 heteroatoms. The smallest absolute Gasteiger partial charge is 0.339 e. The Morgan fingerprint density at radius 2 is 1.50 bits per heavy atom. The minimum atomic E-state index is -0.353. The van der Waals surface area contributed by atoms with Gasteiger partial charge in [-0.1, -0.05) is 30.3 Å². The largest absolute Gasteiger partial charge is 0.497 e. The van der Waals surface area contributed by atoms with Gasteiger partial charge >= 0.3 is 5.97 Å². The number of aromatic nitrogens is 1. The summed E-state index contributed by atoms with van der Waals surface area (Å²) in [6, 6.07) is 22.9. The maximum absolute atomic E-state index is 13.3. The number of methoxy groups -OCH3 is 2. The molecule has 1 aliphatic rings. The third kappa shape index (κ3) is 4.89. The van der Waals surface area contributed by atoms with Gasteiger partial charge < -0.3 is 18.9 Å². The van der Waals surface area contributed by atoms with Gasteiger partial charge in [-0.25, -0.2) is 9.78 Å². The zero-order valence-electron chi connectivity index (χ0n) is 20.3. The Bertz CT molecular complexity index is 1410. The molecule has 36 heavy (non-hydrogen) atoms. The number of pyridine rings is 1. The van der Waals surface area contributed by atoms with Crippen molar-refractivity contribution in [1.29, 1.82) is 0 Å². The van der Waals surface area contributed by atoms with Crippen LogP contribution in [0.3, 0.4) is 0 Å². The summed E-state index contributed by atoms with van der Waals surface area (Å²) >= 11 is 0. The third-order valence-electron chi connectivity index (χ3n) is 6.25. The molecule has 0 saturated heterocycles. The van der Waals surface area contributed by atoms with Gasteiger partial charge in [0.1, 0.15) is 30.5 Å². The van der Waals surface area contributed by atoms with Crippen LogP contribution in [0.25, 0.3) is 22.6 Å². The van der Waals surface area contributed by atoms with Crippen LogP contribution >= 0.6 is 0 Å². The number of allylic oxidation sites excluding steroid dienone is 1. The molecule has 0 spiro atoms. The zero-order chi connectivity index (χ0) is 24.9. The lowest BCUT2D eigenvalue weighted by Gasteiger charge is -2.13. The molecule has 1 aromatic heterocycles. The summed E-state index contributed by atoms with van der Waals surface area (Å²) in [4.78, 5) is 18.2. The first-order valence-electron chi connectivity index (χ1n) is 11.9. The van der Waals surface area contributed by atoms with Gasteiger partial charge in [0.15, 0.2) is 0 Å². The highest BCUT2D eigenvalue weighted by molar-refractivity contribution is 6.07. The Balaban J connectivity index is 1.37. The summed E-state index contributed by atoms with van der Waals surface area (Å²) in [6.45, 7) is 0.400. The van der Waals surface area contributed by atoms with E-state index in [1.807, 2.05) is 72.8 Å². The minimum Gasteiger partial charge on any atom is -0.497 e. The van der Waals surface area contributed by atoms with Crippen molar-refractivity contribution < 1.29 is 23.7 Å². The second-order valence-corrected chi connectivity index (χ2v) is 8.43. The first-order chi connectivity index (χ1) is 17.7. The standard InChI is InChI=1S/C30H27NO5/c1-33-22-10-7-20(8-11-22)19-21-9-16-26-28(25-5-3-4-6-27(25)31-29(21)26)30(32)36-18-17-35-24-14-12-23(34-2)13-15-24/h3-8,10-15,19H,9,16-18H2,1-2H3/b21-19-. The maximum atomic E-state index is 13.3. The molecule has 182 valence electrons. The van der Waals surface area contributed by atoms with Gasteiger partial charge in [-0.3, -0.25) is 0 Å². The van der Waals surface area contributed by atoms with Crippen LogP contribution in [0, 0.1) is 0 Å². The van der Waals surface area contributed by atoms with E-state index in [0.29, 0.717) is 11.3 Å². The predicted octanol–water partition coefficient (Wildman–Crippen LogP) is 5.97. The fourth-order valence-electron chi connectivity index (χ4n) is 4.45. The number of fused-ring (bicyclic) bond motifs is 2. The maximum Gasteiger partial charge on any atom is 0.339 e. The van der Waals surface area contributed by atoms with Crippen LogP contribution in [0.2, 0.25) is 0 Å². The van der Waals surface area contributed by atoms with Gasteiger partial charge in [-0.05, 0) is 78.1 Å². The van der Waals surface area contributed by atoms with Crippen LogP contribution in [0.4, 0.5) is 0 Å². The van der Waals surface area contributed by atoms with Crippen molar-refractivity contribution >= 4 is 28.5 Å². The highest BCUT2D eigenvalue weighted by Gasteiger charge is 2.27. The lowest BCUT2D eigenvalue weighted by molar-refractivity contribution is 0.0451.